The highest BCUT2D eigenvalue weighted by Gasteiger charge is 2.31. The molecule has 3 aromatic rings. The third-order valence-corrected chi connectivity index (χ3v) is 5.26. The summed E-state index contributed by atoms with van der Waals surface area (Å²) in [5, 5.41) is 24.2. The quantitative estimate of drug-likeness (QED) is 0.475. The SMILES string of the molecule is COc1cc(O)c2c(c1)O[C@H](c1ccc(O)cc1)C/C2=N\NC(=O)c1ccc(C(F)(F)F)cc1. The molecule has 1 atom stereocenters. The number of alkyl halides is 3. The third kappa shape index (κ3) is 4.75. The zero-order valence-corrected chi connectivity index (χ0v) is 17.8. The Kier molecular flexibility index (Phi) is 6.06. The summed E-state index contributed by atoms with van der Waals surface area (Å²) in [5.74, 6) is -0.207. The number of carbonyl (C=O) groups is 1. The molecule has 1 aliphatic heterocycles. The molecule has 0 bridgehead atoms. The summed E-state index contributed by atoms with van der Waals surface area (Å²) < 4.78 is 49.5. The van der Waals surface area contributed by atoms with E-state index in [1.807, 2.05) is 0 Å². The summed E-state index contributed by atoms with van der Waals surface area (Å²) in [6.45, 7) is 0. The molecule has 4 rings (SSSR count). The van der Waals surface area contributed by atoms with E-state index in [2.05, 4.69) is 10.5 Å². The molecule has 7 nitrogen and oxygen atoms in total. The number of rotatable bonds is 4. The minimum absolute atomic E-state index is 0.0151. The van der Waals surface area contributed by atoms with Gasteiger partial charge in [-0.2, -0.15) is 18.3 Å². The molecule has 0 aliphatic carbocycles. The smallest absolute Gasteiger partial charge is 0.416 e. The monoisotopic (exact) mass is 472 g/mol. The number of nitrogens with zero attached hydrogens (tertiary/aromatic N) is 1. The number of hydrogen-bond donors (Lipinski definition) is 3. The van der Waals surface area contributed by atoms with E-state index in [-0.39, 0.29) is 34.8 Å². The van der Waals surface area contributed by atoms with Gasteiger partial charge in [0.2, 0.25) is 0 Å². The predicted molar refractivity (Wildman–Crippen MR) is 116 cm³/mol. The molecule has 1 heterocycles. The van der Waals surface area contributed by atoms with E-state index in [1.165, 1.54) is 25.3 Å². The number of nitrogens with one attached hydrogen (secondary N) is 1. The number of benzene rings is 3. The molecule has 0 saturated carbocycles. The van der Waals surface area contributed by atoms with Crippen LogP contribution in [0.3, 0.4) is 0 Å². The van der Waals surface area contributed by atoms with Gasteiger partial charge in [-0.15, -0.1) is 0 Å². The van der Waals surface area contributed by atoms with Gasteiger partial charge in [0.15, 0.2) is 0 Å². The fourth-order valence-electron chi connectivity index (χ4n) is 3.52. The number of amides is 1. The van der Waals surface area contributed by atoms with Crippen molar-refractivity contribution < 1.29 is 37.7 Å². The van der Waals surface area contributed by atoms with Crippen molar-refractivity contribution in [2.75, 3.05) is 7.11 Å². The molecule has 0 radical (unpaired) electrons. The Morgan fingerprint density at radius 3 is 2.38 bits per heavy atom. The number of fused-ring (bicyclic) bond motifs is 1. The highest BCUT2D eigenvalue weighted by molar-refractivity contribution is 6.07. The van der Waals surface area contributed by atoms with Crippen LogP contribution in [0.2, 0.25) is 0 Å². The zero-order chi connectivity index (χ0) is 24.5. The molecule has 176 valence electrons. The van der Waals surface area contributed by atoms with E-state index >= 15 is 0 Å². The molecule has 1 amide bonds. The third-order valence-electron chi connectivity index (χ3n) is 5.26. The predicted octanol–water partition coefficient (Wildman–Crippen LogP) is 4.78. The minimum Gasteiger partial charge on any atom is -0.508 e. The second-order valence-corrected chi connectivity index (χ2v) is 7.50. The first kappa shape index (κ1) is 23.0. The molecule has 10 heteroatoms. The summed E-state index contributed by atoms with van der Waals surface area (Å²) >= 11 is 0. The topological polar surface area (TPSA) is 100 Å². The van der Waals surface area contributed by atoms with Crippen molar-refractivity contribution in [1.82, 2.24) is 5.43 Å². The minimum atomic E-state index is -4.51. The second-order valence-electron chi connectivity index (χ2n) is 7.50. The Hall–Kier alpha value is -4.21. The maximum Gasteiger partial charge on any atom is 0.416 e. The average molecular weight is 472 g/mol. The molecule has 0 aromatic heterocycles. The largest absolute Gasteiger partial charge is 0.508 e. The van der Waals surface area contributed by atoms with Crippen LogP contribution in [-0.2, 0) is 6.18 Å². The lowest BCUT2D eigenvalue weighted by Gasteiger charge is -2.28. The van der Waals surface area contributed by atoms with Crippen molar-refractivity contribution in [3.8, 4) is 23.0 Å². The molecule has 0 saturated heterocycles. The number of phenolic OH excluding ortho intramolecular Hbond substituents is 2. The van der Waals surface area contributed by atoms with Gasteiger partial charge in [0.05, 0.1) is 23.9 Å². The Morgan fingerprint density at radius 1 is 1.09 bits per heavy atom. The first-order valence-corrected chi connectivity index (χ1v) is 10.1. The van der Waals surface area contributed by atoms with Crippen LogP contribution >= 0.6 is 0 Å². The van der Waals surface area contributed by atoms with Gasteiger partial charge in [0.25, 0.3) is 5.91 Å². The van der Waals surface area contributed by atoms with Crippen molar-refractivity contribution in [2.45, 2.75) is 18.7 Å². The van der Waals surface area contributed by atoms with Crippen LogP contribution in [-0.4, -0.2) is 28.9 Å². The average Bonchev–Trinajstić information content (AvgIpc) is 2.81. The number of hydrogen-bond acceptors (Lipinski definition) is 6. The summed E-state index contributed by atoms with van der Waals surface area (Å²) in [6, 6.07) is 13.0. The molecule has 3 N–H and O–H groups in total. The maximum absolute atomic E-state index is 12.8. The van der Waals surface area contributed by atoms with Crippen molar-refractivity contribution in [3.63, 3.8) is 0 Å². The van der Waals surface area contributed by atoms with E-state index in [9.17, 15) is 28.2 Å². The van der Waals surface area contributed by atoms with Gasteiger partial charge >= 0.3 is 6.18 Å². The zero-order valence-electron chi connectivity index (χ0n) is 17.8. The first-order chi connectivity index (χ1) is 16.2. The summed E-state index contributed by atoms with van der Waals surface area (Å²) in [6.07, 6.45) is -4.91. The molecule has 0 fully saturated rings. The molecule has 34 heavy (non-hydrogen) atoms. The Labute approximate surface area is 192 Å². The van der Waals surface area contributed by atoms with Crippen molar-refractivity contribution in [2.24, 2.45) is 5.10 Å². The first-order valence-electron chi connectivity index (χ1n) is 10.1. The Morgan fingerprint density at radius 2 is 1.76 bits per heavy atom. The van der Waals surface area contributed by atoms with Crippen LogP contribution in [0.1, 0.15) is 39.6 Å². The number of aromatic hydroxyl groups is 2. The van der Waals surface area contributed by atoms with E-state index in [0.29, 0.717) is 17.0 Å². The van der Waals surface area contributed by atoms with E-state index in [0.717, 1.165) is 24.3 Å². The summed E-state index contributed by atoms with van der Waals surface area (Å²) in [7, 11) is 1.43. The standard InChI is InChI=1S/C24H19F3N2O5/c1-33-17-10-19(31)22-18(12-20(34-21(22)11-17)13-4-8-16(30)9-5-13)28-29-23(32)14-2-6-15(7-3-14)24(25,26)27/h2-11,20,30-31H,12H2,1H3,(H,29,32)/b28-18+/t20-/m0/s1. The fraction of sp³-hybridized carbons (Fsp3) is 0.167. The van der Waals surface area contributed by atoms with Crippen LogP contribution in [0.4, 0.5) is 13.2 Å². The van der Waals surface area contributed by atoms with Crippen LogP contribution in [0, 0.1) is 0 Å². The molecule has 0 spiro atoms. The lowest BCUT2D eigenvalue weighted by atomic mass is 9.94. The van der Waals surface area contributed by atoms with E-state index in [4.69, 9.17) is 9.47 Å². The van der Waals surface area contributed by atoms with Gasteiger partial charge in [-0.05, 0) is 42.0 Å². The Bertz CT molecular complexity index is 1240. The fourth-order valence-corrected chi connectivity index (χ4v) is 3.52. The van der Waals surface area contributed by atoms with Crippen LogP contribution < -0.4 is 14.9 Å². The highest BCUT2D eigenvalue weighted by Crippen LogP contribution is 2.42. The molecular weight excluding hydrogens is 453 g/mol. The van der Waals surface area contributed by atoms with Gasteiger partial charge in [-0.25, -0.2) is 5.43 Å². The number of ether oxygens (including phenoxy) is 2. The van der Waals surface area contributed by atoms with Gasteiger partial charge in [0.1, 0.15) is 29.1 Å². The van der Waals surface area contributed by atoms with Gasteiger partial charge in [0, 0.05) is 24.1 Å². The van der Waals surface area contributed by atoms with Crippen LogP contribution in [0.15, 0.2) is 65.8 Å². The molecule has 1 aliphatic rings. The van der Waals surface area contributed by atoms with Crippen LogP contribution in [0.25, 0.3) is 0 Å². The van der Waals surface area contributed by atoms with Crippen LogP contribution in [0.5, 0.6) is 23.0 Å². The van der Waals surface area contributed by atoms with Gasteiger partial charge < -0.3 is 19.7 Å². The molecule has 3 aromatic carbocycles. The summed E-state index contributed by atoms with van der Waals surface area (Å²) in [5.41, 5.74) is 2.71. The van der Waals surface area contributed by atoms with Gasteiger partial charge in [-0.3, -0.25) is 4.79 Å². The number of hydrazone groups is 1. The van der Waals surface area contributed by atoms with Crippen molar-refractivity contribution in [3.05, 3.63) is 82.9 Å². The van der Waals surface area contributed by atoms with Crippen molar-refractivity contribution >= 4 is 11.6 Å². The number of halogens is 3. The van der Waals surface area contributed by atoms with E-state index < -0.39 is 23.8 Å². The highest BCUT2D eigenvalue weighted by atomic mass is 19.4. The second kappa shape index (κ2) is 8.97. The normalized spacial score (nSPS) is 16.5. The Balaban J connectivity index is 1.65. The maximum atomic E-state index is 12.8. The lowest BCUT2D eigenvalue weighted by Crippen LogP contribution is -2.25. The molecular formula is C24H19F3N2O5. The van der Waals surface area contributed by atoms with E-state index in [1.54, 1.807) is 18.2 Å². The lowest BCUT2D eigenvalue weighted by molar-refractivity contribution is -0.137. The number of phenols is 2. The summed E-state index contributed by atoms with van der Waals surface area (Å²) in [4.78, 5) is 12.5. The number of carbonyl (C=O) groups excluding carboxylic acids is 1. The number of methoxy groups -OCH3 is 1. The van der Waals surface area contributed by atoms with Crippen molar-refractivity contribution in [1.29, 1.82) is 0 Å². The van der Waals surface area contributed by atoms with Gasteiger partial charge in [-0.1, -0.05) is 12.1 Å². The molecule has 0 unspecified atom stereocenters.